The SMILES string of the molecule is CC(C)OC(C)OC1O[C@H](C2COC(C)(C)O2)[C@@H]2OC(C)(C)O[C@H]12. The van der Waals surface area contributed by atoms with Gasteiger partial charge in [-0.25, -0.2) is 0 Å². The van der Waals surface area contributed by atoms with Crippen LogP contribution in [0.15, 0.2) is 0 Å². The highest BCUT2D eigenvalue weighted by atomic mass is 16.8. The number of hydrogen-bond acceptors (Lipinski definition) is 7. The van der Waals surface area contributed by atoms with E-state index in [-0.39, 0.29) is 30.5 Å². The predicted octanol–water partition coefficient (Wildman–Crippen LogP) is 2.17. The fourth-order valence-electron chi connectivity index (χ4n) is 3.48. The molecule has 3 fully saturated rings. The lowest BCUT2D eigenvalue weighted by molar-refractivity contribution is -0.289. The smallest absolute Gasteiger partial charge is 0.190 e. The van der Waals surface area contributed by atoms with Gasteiger partial charge >= 0.3 is 0 Å². The summed E-state index contributed by atoms with van der Waals surface area (Å²) in [5, 5.41) is 0. The predicted molar refractivity (Wildman–Crippen MR) is 84.2 cm³/mol. The maximum absolute atomic E-state index is 6.09. The first-order chi connectivity index (χ1) is 11.1. The summed E-state index contributed by atoms with van der Waals surface area (Å²) < 4.78 is 41.4. The van der Waals surface area contributed by atoms with Gasteiger partial charge in [0, 0.05) is 0 Å². The molecule has 3 aliphatic rings. The van der Waals surface area contributed by atoms with Gasteiger partial charge in [-0.05, 0) is 48.5 Å². The highest BCUT2D eigenvalue weighted by molar-refractivity contribution is 4.99. The summed E-state index contributed by atoms with van der Waals surface area (Å²) in [6.45, 7) is 13.8. The first-order valence-corrected chi connectivity index (χ1v) is 8.70. The Morgan fingerprint density at radius 2 is 1.54 bits per heavy atom. The van der Waals surface area contributed by atoms with Crippen LogP contribution in [0.1, 0.15) is 48.5 Å². The van der Waals surface area contributed by atoms with Gasteiger partial charge in [0.2, 0.25) is 0 Å². The van der Waals surface area contributed by atoms with Gasteiger partial charge in [0.1, 0.15) is 24.4 Å². The molecule has 0 saturated carbocycles. The first-order valence-electron chi connectivity index (χ1n) is 8.70. The van der Waals surface area contributed by atoms with Gasteiger partial charge < -0.3 is 33.2 Å². The Balaban J connectivity index is 1.70. The number of rotatable bonds is 5. The van der Waals surface area contributed by atoms with E-state index in [2.05, 4.69) is 0 Å². The summed E-state index contributed by atoms with van der Waals surface area (Å²) in [4.78, 5) is 0. The largest absolute Gasteiger partial charge is 0.350 e. The van der Waals surface area contributed by atoms with Gasteiger partial charge in [-0.3, -0.25) is 0 Å². The van der Waals surface area contributed by atoms with E-state index in [1.165, 1.54) is 0 Å². The van der Waals surface area contributed by atoms with Crippen LogP contribution in [0.2, 0.25) is 0 Å². The van der Waals surface area contributed by atoms with Crippen LogP contribution in [-0.2, 0) is 33.2 Å². The maximum Gasteiger partial charge on any atom is 0.190 e. The van der Waals surface area contributed by atoms with Crippen LogP contribution >= 0.6 is 0 Å². The Labute approximate surface area is 143 Å². The topological polar surface area (TPSA) is 64.6 Å². The minimum absolute atomic E-state index is 0.0672. The Kier molecular flexibility index (Phi) is 4.99. The zero-order valence-corrected chi connectivity index (χ0v) is 15.6. The highest BCUT2D eigenvalue weighted by Crippen LogP contribution is 2.42. The third-order valence-corrected chi connectivity index (χ3v) is 4.23. The van der Waals surface area contributed by atoms with Gasteiger partial charge in [-0.1, -0.05) is 0 Å². The molecule has 3 heterocycles. The molecule has 0 spiro atoms. The standard InChI is InChI=1S/C17H30O7/c1-9(2)19-10(3)20-15-14-13(23-17(6,7)24-14)12(21-15)11-8-18-16(4,5)22-11/h9-15H,8H2,1-7H3/t10?,11?,12-,13+,14+,15?/m1/s1. The summed E-state index contributed by atoms with van der Waals surface area (Å²) in [7, 11) is 0. The minimum atomic E-state index is -0.684. The number of fused-ring (bicyclic) bond motifs is 1. The van der Waals surface area contributed by atoms with Gasteiger partial charge in [0.25, 0.3) is 0 Å². The van der Waals surface area contributed by atoms with Crippen LogP contribution < -0.4 is 0 Å². The molecule has 140 valence electrons. The lowest BCUT2D eigenvalue weighted by Gasteiger charge is -2.28. The summed E-state index contributed by atoms with van der Waals surface area (Å²) >= 11 is 0. The quantitative estimate of drug-likeness (QED) is 0.707. The summed E-state index contributed by atoms with van der Waals surface area (Å²) in [6, 6.07) is 0. The normalized spacial score (nSPS) is 41.8. The molecule has 0 aromatic rings. The molecule has 0 N–H and O–H groups in total. The summed E-state index contributed by atoms with van der Waals surface area (Å²) in [5.74, 6) is -1.30. The molecule has 0 aromatic heterocycles. The van der Waals surface area contributed by atoms with Crippen molar-refractivity contribution in [2.24, 2.45) is 0 Å². The monoisotopic (exact) mass is 346 g/mol. The van der Waals surface area contributed by atoms with Crippen molar-refractivity contribution in [2.45, 2.75) is 103 Å². The Morgan fingerprint density at radius 3 is 2.12 bits per heavy atom. The van der Waals surface area contributed by atoms with Crippen LogP contribution in [0.25, 0.3) is 0 Å². The number of ether oxygens (including phenoxy) is 7. The van der Waals surface area contributed by atoms with Gasteiger partial charge in [0.15, 0.2) is 24.2 Å². The summed E-state index contributed by atoms with van der Waals surface area (Å²) in [5.41, 5.74) is 0. The number of hydrogen-bond donors (Lipinski definition) is 0. The van der Waals surface area contributed by atoms with E-state index in [9.17, 15) is 0 Å². The molecule has 3 unspecified atom stereocenters. The van der Waals surface area contributed by atoms with E-state index >= 15 is 0 Å². The second-order valence-electron chi connectivity index (χ2n) is 7.79. The molecule has 0 aliphatic carbocycles. The van der Waals surface area contributed by atoms with Crippen molar-refractivity contribution in [1.29, 1.82) is 0 Å². The molecule has 7 heteroatoms. The van der Waals surface area contributed by atoms with Crippen LogP contribution in [-0.4, -0.2) is 61.3 Å². The van der Waals surface area contributed by atoms with Crippen molar-refractivity contribution < 1.29 is 33.2 Å². The fraction of sp³-hybridized carbons (Fsp3) is 1.00. The first kappa shape index (κ1) is 18.5. The van der Waals surface area contributed by atoms with Crippen LogP contribution in [0, 0.1) is 0 Å². The second kappa shape index (κ2) is 6.46. The molecule has 7 nitrogen and oxygen atoms in total. The Bertz CT molecular complexity index is 450. The third kappa shape index (κ3) is 3.93. The molecule has 3 aliphatic heterocycles. The second-order valence-corrected chi connectivity index (χ2v) is 7.79. The van der Waals surface area contributed by atoms with Crippen molar-refractivity contribution in [3.63, 3.8) is 0 Å². The zero-order valence-electron chi connectivity index (χ0n) is 15.6. The van der Waals surface area contributed by atoms with E-state index < -0.39 is 24.2 Å². The van der Waals surface area contributed by atoms with Gasteiger partial charge in [-0.15, -0.1) is 0 Å². The Morgan fingerprint density at radius 1 is 0.875 bits per heavy atom. The van der Waals surface area contributed by atoms with Crippen molar-refractivity contribution in [2.75, 3.05) is 6.61 Å². The fourth-order valence-corrected chi connectivity index (χ4v) is 3.48. The van der Waals surface area contributed by atoms with E-state index in [0.29, 0.717) is 6.61 Å². The lowest BCUT2D eigenvalue weighted by Crippen LogP contribution is -2.40. The van der Waals surface area contributed by atoms with Crippen LogP contribution in [0.3, 0.4) is 0 Å². The van der Waals surface area contributed by atoms with Crippen molar-refractivity contribution in [1.82, 2.24) is 0 Å². The summed E-state index contributed by atoms with van der Waals surface area (Å²) in [6.07, 6.45) is -2.02. The van der Waals surface area contributed by atoms with Crippen molar-refractivity contribution >= 4 is 0 Å². The molecule has 24 heavy (non-hydrogen) atoms. The van der Waals surface area contributed by atoms with E-state index in [1.54, 1.807) is 0 Å². The molecule has 0 radical (unpaired) electrons. The van der Waals surface area contributed by atoms with Crippen molar-refractivity contribution in [3.8, 4) is 0 Å². The highest BCUT2D eigenvalue weighted by Gasteiger charge is 2.59. The molecule has 0 bridgehead atoms. The molecular weight excluding hydrogens is 316 g/mol. The van der Waals surface area contributed by atoms with E-state index in [4.69, 9.17) is 33.2 Å². The van der Waals surface area contributed by atoms with Crippen LogP contribution in [0.4, 0.5) is 0 Å². The zero-order chi connectivity index (χ0) is 17.7. The average molecular weight is 346 g/mol. The lowest BCUT2D eigenvalue weighted by atomic mass is 10.1. The maximum atomic E-state index is 6.09. The van der Waals surface area contributed by atoms with Gasteiger partial charge in [-0.2, -0.15) is 0 Å². The molecule has 0 amide bonds. The Hall–Kier alpha value is -0.280. The molecule has 0 aromatic carbocycles. The minimum Gasteiger partial charge on any atom is -0.350 e. The molecular formula is C17H30O7. The molecule has 6 atom stereocenters. The third-order valence-electron chi connectivity index (χ3n) is 4.23. The molecule has 3 saturated heterocycles. The van der Waals surface area contributed by atoms with E-state index in [1.807, 2.05) is 48.5 Å². The van der Waals surface area contributed by atoms with E-state index in [0.717, 1.165) is 0 Å². The van der Waals surface area contributed by atoms with Gasteiger partial charge in [0.05, 0.1) is 12.7 Å². The average Bonchev–Trinajstić information content (AvgIpc) is 3.01. The van der Waals surface area contributed by atoms with Crippen molar-refractivity contribution in [3.05, 3.63) is 0 Å². The van der Waals surface area contributed by atoms with Crippen LogP contribution in [0.5, 0.6) is 0 Å². The molecule has 3 rings (SSSR count).